The van der Waals surface area contributed by atoms with Crippen molar-refractivity contribution in [3.05, 3.63) is 32.6 Å². The lowest BCUT2D eigenvalue weighted by Gasteiger charge is -2.15. The number of rotatable bonds is 14. The number of aliphatic hydroxyl groups is 2. The monoisotopic (exact) mass is 484 g/mol. The Bertz CT molecular complexity index is 918. The van der Waals surface area contributed by atoms with Gasteiger partial charge in [-0.3, -0.25) is 23.9 Å². The first-order chi connectivity index (χ1) is 16.3. The summed E-state index contributed by atoms with van der Waals surface area (Å²) in [6, 6.07) is -0.603. The summed E-state index contributed by atoms with van der Waals surface area (Å²) in [5.74, 6) is -0.608. The number of carbonyl (C=O) groups is 2. The second-order valence-electron chi connectivity index (χ2n) is 8.32. The van der Waals surface area contributed by atoms with Crippen LogP contribution in [0.2, 0.25) is 0 Å². The highest BCUT2D eigenvalue weighted by Crippen LogP contribution is 2.27. The Morgan fingerprint density at radius 3 is 2.65 bits per heavy atom. The van der Waals surface area contributed by atoms with E-state index >= 15 is 0 Å². The van der Waals surface area contributed by atoms with Gasteiger partial charge in [0.25, 0.3) is 5.56 Å². The van der Waals surface area contributed by atoms with Crippen molar-refractivity contribution in [3.63, 3.8) is 0 Å². The Balaban J connectivity index is 1.76. The largest absolute Gasteiger partial charge is 0.394 e. The minimum Gasteiger partial charge on any atom is -0.394 e. The van der Waals surface area contributed by atoms with Gasteiger partial charge in [0.05, 0.1) is 18.8 Å². The zero-order chi connectivity index (χ0) is 25.1. The number of aliphatic hydroxyl groups excluding tert-OH is 2. The predicted molar refractivity (Wildman–Crippen MR) is 123 cm³/mol. The van der Waals surface area contributed by atoms with E-state index in [-0.39, 0.29) is 49.7 Å². The molecule has 1 aliphatic heterocycles. The molecule has 0 aliphatic carbocycles. The smallest absolute Gasteiger partial charge is 0.330 e. The van der Waals surface area contributed by atoms with Crippen molar-refractivity contribution in [2.24, 2.45) is 11.5 Å². The average molecular weight is 485 g/mol. The summed E-state index contributed by atoms with van der Waals surface area (Å²) in [4.78, 5) is 50.5. The molecule has 13 heteroatoms. The molecule has 1 aromatic heterocycles. The van der Waals surface area contributed by atoms with Crippen LogP contribution in [0.4, 0.5) is 0 Å². The number of carbonyl (C=O) groups excluding carboxylic acids is 2. The summed E-state index contributed by atoms with van der Waals surface area (Å²) < 4.78 is 6.60. The molecule has 0 unspecified atom stereocenters. The van der Waals surface area contributed by atoms with Crippen LogP contribution < -0.4 is 33.3 Å². The third-order valence-electron chi connectivity index (χ3n) is 5.66. The first-order valence-corrected chi connectivity index (χ1v) is 11.6. The molecular formula is C21H36N6O7. The first-order valence-electron chi connectivity index (χ1n) is 11.6. The van der Waals surface area contributed by atoms with E-state index in [1.807, 2.05) is 0 Å². The van der Waals surface area contributed by atoms with Crippen molar-refractivity contribution >= 4 is 11.8 Å². The van der Waals surface area contributed by atoms with Gasteiger partial charge < -0.3 is 37.1 Å². The summed E-state index contributed by atoms with van der Waals surface area (Å²) >= 11 is 0. The molecule has 192 valence electrons. The predicted octanol–water partition coefficient (Wildman–Crippen LogP) is -2.81. The highest BCUT2D eigenvalue weighted by molar-refractivity contribution is 5.81. The second kappa shape index (κ2) is 14.0. The third-order valence-corrected chi connectivity index (χ3v) is 5.66. The van der Waals surface area contributed by atoms with Gasteiger partial charge in [-0.15, -0.1) is 0 Å². The number of aromatic nitrogens is 2. The van der Waals surface area contributed by atoms with Crippen LogP contribution >= 0.6 is 0 Å². The fraction of sp³-hybridized carbons (Fsp3) is 0.714. The van der Waals surface area contributed by atoms with Crippen molar-refractivity contribution in [1.82, 2.24) is 20.2 Å². The fourth-order valence-corrected chi connectivity index (χ4v) is 3.64. The number of amides is 2. The topological polar surface area (TPSA) is 215 Å². The summed E-state index contributed by atoms with van der Waals surface area (Å²) in [5.41, 5.74) is 10.1. The summed E-state index contributed by atoms with van der Waals surface area (Å²) in [5, 5.41) is 24.4. The molecule has 1 aromatic rings. The number of aryl methyl sites for hydroxylation is 1. The zero-order valence-electron chi connectivity index (χ0n) is 19.2. The Morgan fingerprint density at radius 1 is 1.24 bits per heavy atom. The number of H-pyrrole nitrogens is 1. The molecule has 1 fully saturated rings. The molecule has 0 radical (unpaired) electrons. The Morgan fingerprint density at radius 2 is 1.97 bits per heavy atom. The molecule has 0 bridgehead atoms. The molecule has 2 amide bonds. The van der Waals surface area contributed by atoms with E-state index in [0.717, 1.165) is 23.8 Å². The van der Waals surface area contributed by atoms with E-state index in [1.54, 1.807) is 0 Å². The van der Waals surface area contributed by atoms with Gasteiger partial charge in [-0.1, -0.05) is 12.8 Å². The standard InChI is InChI=1S/C21H36N6O7/c22-7-3-1-2-4-14(23)20(32)25-9-8-24-17(30)6-5-13-11-27(21(33)26-19(13)31)18-10-15(29)16(12-28)34-18/h11,14-16,18,28-29H,1-10,12,22-23H2,(H,24,30)(H,25,32)(H,26,31,33)/t14-,15-,16+,18+/m0/s1. The molecule has 1 aliphatic rings. The molecule has 4 atom stereocenters. The maximum absolute atomic E-state index is 12.1. The van der Waals surface area contributed by atoms with E-state index in [2.05, 4.69) is 15.6 Å². The number of unbranched alkanes of at least 4 members (excludes halogenated alkanes) is 2. The van der Waals surface area contributed by atoms with Crippen molar-refractivity contribution in [3.8, 4) is 0 Å². The molecule has 13 nitrogen and oxygen atoms in total. The van der Waals surface area contributed by atoms with Gasteiger partial charge in [-0.2, -0.15) is 0 Å². The summed E-state index contributed by atoms with van der Waals surface area (Å²) in [6.07, 6.45) is 2.08. The Kier molecular flexibility index (Phi) is 11.4. The van der Waals surface area contributed by atoms with Crippen LogP contribution in [-0.2, 0) is 20.7 Å². The van der Waals surface area contributed by atoms with Gasteiger partial charge >= 0.3 is 5.69 Å². The number of ether oxygens (including phenoxy) is 1. The van der Waals surface area contributed by atoms with Crippen LogP contribution in [0.3, 0.4) is 0 Å². The number of nitrogens with two attached hydrogens (primary N) is 2. The quantitative estimate of drug-likeness (QED) is 0.135. The number of nitrogens with zero attached hydrogens (tertiary/aromatic N) is 1. The number of hydrogen-bond acceptors (Lipinski definition) is 9. The second-order valence-corrected chi connectivity index (χ2v) is 8.32. The Hall–Kier alpha value is -2.58. The number of nitrogens with one attached hydrogen (secondary N) is 3. The number of aromatic amines is 1. The van der Waals surface area contributed by atoms with Crippen molar-refractivity contribution in [1.29, 1.82) is 0 Å². The first kappa shape index (κ1) is 27.7. The zero-order valence-corrected chi connectivity index (χ0v) is 19.2. The molecule has 0 saturated carbocycles. The van der Waals surface area contributed by atoms with Gasteiger partial charge in [0.15, 0.2) is 0 Å². The molecule has 0 spiro atoms. The van der Waals surface area contributed by atoms with Crippen LogP contribution in [0.1, 0.15) is 50.3 Å². The van der Waals surface area contributed by atoms with E-state index < -0.39 is 42.3 Å². The van der Waals surface area contributed by atoms with Crippen LogP contribution in [0, 0.1) is 0 Å². The normalized spacial score (nSPS) is 20.8. The SMILES string of the molecule is NCCCCC[C@H](N)C(=O)NCCNC(=O)CCc1cn([C@H]2C[C@H](O)[C@@H](CO)O2)c(=O)[nH]c1=O. The lowest BCUT2D eigenvalue weighted by atomic mass is 10.1. The van der Waals surface area contributed by atoms with Gasteiger partial charge in [0.2, 0.25) is 11.8 Å². The van der Waals surface area contributed by atoms with Gasteiger partial charge in [-0.05, 0) is 25.8 Å². The minimum atomic E-state index is -0.936. The van der Waals surface area contributed by atoms with E-state index in [1.165, 1.54) is 6.20 Å². The molecule has 1 saturated heterocycles. The molecule has 34 heavy (non-hydrogen) atoms. The van der Waals surface area contributed by atoms with E-state index in [4.69, 9.17) is 16.2 Å². The average Bonchev–Trinajstić information content (AvgIpc) is 3.18. The van der Waals surface area contributed by atoms with Gasteiger partial charge in [-0.25, -0.2) is 4.79 Å². The summed E-state index contributed by atoms with van der Waals surface area (Å²) in [7, 11) is 0. The van der Waals surface area contributed by atoms with E-state index in [0.29, 0.717) is 13.0 Å². The van der Waals surface area contributed by atoms with Crippen LogP contribution in [-0.4, -0.2) is 76.1 Å². The third kappa shape index (κ3) is 8.33. The molecule has 9 N–H and O–H groups in total. The molecular weight excluding hydrogens is 448 g/mol. The molecule has 0 aromatic carbocycles. The van der Waals surface area contributed by atoms with Gasteiger partial charge in [0.1, 0.15) is 12.3 Å². The Labute approximate surface area is 196 Å². The number of hydrogen-bond donors (Lipinski definition) is 7. The maximum atomic E-state index is 12.1. The van der Waals surface area contributed by atoms with E-state index in [9.17, 15) is 29.4 Å². The lowest BCUT2D eigenvalue weighted by Crippen LogP contribution is -2.43. The van der Waals surface area contributed by atoms with Crippen molar-refractivity contribution < 1.29 is 24.5 Å². The fourth-order valence-electron chi connectivity index (χ4n) is 3.64. The van der Waals surface area contributed by atoms with Crippen molar-refractivity contribution in [2.45, 2.75) is 69.4 Å². The van der Waals surface area contributed by atoms with Crippen LogP contribution in [0.5, 0.6) is 0 Å². The van der Waals surface area contributed by atoms with Crippen LogP contribution in [0.25, 0.3) is 0 Å². The van der Waals surface area contributed by atoms with Gasteiger partial charge in [0, 0.05) is 37.7 Å². The maximum Gasteiger partial charge on any atom is 0.330 e. The lowest BCUT2D eigenvalue weighted by molar-refractivity contribution is -0.123. The van der Waals surface area contributed by atoms with Crippen LogP contribution in [0.15, 0.2) is 15.8 Å². The molecule has 2 rings (SSSR count). The highest BCUT2D eigenvalue weighted by atomic mass is 16.5. The highest BCUT2D eigenvalue weighted by Gasteiger charge is 2.35. The molecule has 2 heterocycles. The van der Waals surface area contributed by atoms with Crippen molar-refractivity contribution in [2.75, 3.05) is 26.2 Å². The minimum absolute atomic E-state index is 0.0106. The summed E-state index contributed by atoms with van der Waals surface area (Å²) in [6.45, 7) is 0.643.